The van der Waals surface area contributed by atoms with Crippen molar-refractivity contribution in [1.29, 1.82) is 0 Å². The van der Waals surface area contributed by atoms with Crippen LogP contribution in [-0.2, 0) is 11.3 Å². The lowest BCUT2D eigenvalue weighted by molar-refractivity contribution is 0.0708. The van der Waals surface area contributed by atoms with Gasteiger partial charge in [-0.25, -0.2) is 0 Å². The summed E-state index contributed by atoms with van der Waals surface area (Å²) in [6.45, 7) is 3.35. The van der Waals surface area contributed by atoms with Crippen molar-refractivity contribution in [3.8, 4) is 5.75 Å². The Morgan fingerprint density at radius 1 is 0.971 bits per heavy atom. The quantitative estimate of drug-likeness (QED) is 0.329. The molecule has 6 heteroatoms. The van der Waals surface area contributed by atoms with Crippen LogP contribution in [0.2, 0.25) is 0 Å². The minimum atomic E-state index is -0.529. The van der Waals surface area contributed by atoms with Crippen LogP contribution in [0.4, 0.5) is 0 Å². The third kappa shape index (κ3) is 4.45. The number of methoxy groups -OCH3 is 1. The summed E-state index contributed by atoms with van der Waals surface area (Å²) in [5.41, 5.74) is 3.53. The first-order valence-corrected chi connectivity index (χ1v) is 11.7. The van der Waals surface area contributed by atoms with E-state index in [1.807, 2.05) is 73.7 Å². The summed E-state index contributed by atoms with van der Waals surface area (Å²) >= 11 is 0. The third-order valence-electron chi connectivity index (χ3n) is 6.31. The molecule has 1 amide bonds. The first-order valence-electron chi connectivity index (χ1n) is 11.7. The number of carbonyl (C=O) groups excluding carboxylic acids is 1. The highest BCUT2D eigenvalue weighted by molar-refractivity contribution is 5.99. The van der Waals surface area contributed by atoms with E-state index in [9.17, 15) is 9.59 Å². The zero-order valence-electron chi connectivity index (χ0n) is 19.8. The predicted molar refractivity (Wildman–Crippen MR) is 134 cm³/mol. The van der Waals surface area contributed by atoms with Crippen LogP contribution >= 0.6 is 0 Å². The molecule has 5 rings (SSSR count). The molecule has 1 unspecified atom stereocenters. The van der Waals surface area contributed by atoms with Crippen LogP contribution in [0, 0.1) is 6.92 Å². The lowest BCUT2D eigenvalue weighted by Gasteiger charge is -2.25. The fourth-order valence-electron chi connectivity index (χ4n) is 4.58. The van der Waals surface area contributed by atoms with Crippen molar-refractivity contribution in [2.24, 2.45) is 0 Å². The van der Waals surface area contributed by atoms with Crippen LogP contribution in [-0.4, -0.2) is 31.1 Å². The van der Waals surface area contributed by atoms with Gasteiger partial charge in [-0.15, -0.1) is 0 Å². The Bertz CT molecular complexity index is 1410. The average Bonchev–Trinajstić information content (AvgIpc) is 3.16. The van der Waals surface area contributed by atoms with E-state index in [-0.39, 0.29) is 17.1 Å². The largest absolute Gasteiger partial charge is 0.489 e. The number of rotatable bonds is 8. The van der Waals surface area contributed by atoms with Gasteiger partial charge in [0.2, 0.25) is 5.76 Å². The Kier molecular flexibility index (Phi) is 6.38. The SMILES string of the molecule is COCCCN1C(=O)c2oc3ccc(C)cc3c(=O)c2C1c1ccc(OCc2ccccc2)cc1. The van der Waals surface area contributed by atoms with Crippen LogP contribution in [0.5, 0.6) is 5.75 Å². The van der Waals surface area contributed by atoms with E-state index < -0.39 is 6.04 Å². The number of hydrogen-bond acceptors (Lipinski definition) is 5. The number of fused-ring (bicyclic) bond motifs is 2. The predicted octanol–water partition coefficient (Wildman–Crippen LogP) is 5.26. The Labute approximate surface area is 203 Å². The molecule has 3 aromatic carbocycles. The molecule has 1 aliphatic rings. The highest BCUT2D eigenvalue weighted by atomic mass is 16.5. The van der Waals surface area contributed by atoms with E-state index in [4.69, 9.17) is 13.9 Å². The van der Waals surface area contributed by atoms with Crippen LogP contribution in [0.3, 0.4) is 0 Å². The first kappa shape index (κ1) is 22.9. The minimum Gasteiger partial charge on any atom is -0.489 e. The van der Waals surface area contributed by atoms with Crippen LogP contribution < -0.4 is 10.2 Å². The molecule has 2 heterocycles. The molecule has 1 aromatic heterocycles. The van der Waals surface area contributed by atoms with Gasteiger partial charge >= 0.3 is 0 Å². The number of nitrogens with zero attached hydrogens (tertiary/aromatic N) is 1. The van der Waals surface area contributed by atoms with Crippen molar-refractivity contribution < 1.29 is 18.7 Å². The van der Waals surface area contributed by atoms with Crippen LogP contribution in [0.15, 0.2) is 82.0 Å². The molecule has 0 spiro atoms. The van der Waals surface area contributed by atoms with Crippen molar-refractivity contribution >= 4 is 16.9 Å². The van der Waals surface area contributed by atoms with E-state index in [2.05, 4.69) is 0 Å². The van der Waals surface area contributed by atoms with Crippen molar-refractivity contribution in [2.45, 2.75) is 26.0 Å². The maximum absolute atomic E-state index is 13.6. The van der Waals surface area contributed by atoms with Crippen molar-refractivity contribution in [3.05, 3.63) is 111 Å². The summed E-state index contributed by atoms with van der Waals surface area (Å²) in [6, 6.07) is 22.4. The third-order valence-corrected chi connectivity index (χ3v) is 6.31. The summed E-state index contributed by atoms with van der Waals surface area (Å²) < 4.78 is 17.1. The van der Waals surface area contributed by atoms with Gasteiger partial charge in [0, 0.05) is 20.3 Å². The van der Waals surface area contributed by atoms with E-state index in [1.54, 1.807) is 18.1 Å². The Balaban J connectivity index is 1.51. The molecule has 0 bridgehead atoms. The lowest BCUT2D eigenvalue weighted by Crippen LogP contribution is -2.31. The molecule has 0 N–H and O–H groups in total. The first-order chi connectivity index (χ1) is 17.1. The van der Waals surface area contributed by atoms with Crippen molar-refractivity contribution in [1.82, 2.24) is 4.90 Å². The average molecular weight is 470 g/mol. The van der Waals surface area contributed by atoms with E-state index in [0.29, 0.717) is 48.5 Å². The van der Waals surface area contributed by atoms with E-state index in [0.717, 1.165) is 16.7 Å². The maximum Gasteiger partial charge on any atom is 0.290 e. The second kappa shape index (κ2) is 9.76. The summed E-state index contributed by atoms with van der Waals surface area (Å²) in [4.78, 5) is 28.7. The lowest BCUT2D eigenvalue weighted by atomic mass is 9.98. The number of amides is 1. The molecular weight excluding hydrogens is 442 g/mol. The topological polar surface area (TPSA) is 69.0 Å². The maximum atomic E-state index is 13.6. The fraction of sp³-hybridized carbons (Fsp3) is 0.241. The fourth-order valence-corrected chi connectivity index (χ4v) is 4.58. The van der Waals surface area contributed by atoms with Crippen molar-refractivity contribution in [3.63, 3.8) is 0 Å². The smallest absolute Gasteiger partial charge is 0.290 e. The Hall–Kier alpha value is -3.90. The molecule has 0 fully saturated rings. The summed E-state index contributed by atoms with van der Waals surface area (Å²) in [6.07, 6.45) is 0.651. The van der Waals surface area contributed by atoms with Gasteiger partial charge in [-0.05, 0) is 48.7 Å². The van der Waals surface area contributed by atoms with Gasteiger partial charge in [0.05, 0.1) is 17.0 Å². The zero-order valence-corrected chi connectivity index (χ0v) is 19.8. The second-order valence-corrected chi connectivity index (χ2v) is 8.76. The van der Waals surface area contributed by atoms with Gasteiger partial charge in [0.25, 0.3) is 5.91 Å². The van der Waals surface area contributed by atoms with Gasteiger partial charge in [-0.2, -0.15) is 0 Å². The van der Waals surface area contributed by atoms with E-state index in [1.165, 1.54) is 0 Å². The van der Waals surface area contributed by atoms with E-state index >= 15 is 0 Å². The van der Waals surface area contributed by atoms with Gasteiger partial charge in [0.15, 0.2) is 5.43 Å². The van der Waals surface area contributed by atoms with Crippen molar-refractivity contribution in [2.75, 3.05) is 20.3 Å². The summed E-state index contributed by atoms with van der Waals surface area (Å²) in [7, 11) is 1.63. The molecule has 1 atom stereocenters. The summed E-state index contributed by atoms with van der Waals surface area (Å²) in [5.74, 6) is 0.567. The minimum absolute atomic E-state index is 0.123. The normalized spacial score (nSPS) is 15.0. The number of ether oxygens (including phenoxy) is 2. The highest BCUT2D eigenvalue weighted by Gasteiger charge is 2.42. The van der Waals surface area contributed by atoms with Crippen LogP contribution in [0.1, 0.15) is 45.3 Å². The number of aryl methyl sites for hydroxylation is 1. The molecule has 35 heavy (non-hydrogen) atoms. The second-order valence-electron chi connectivity index (χ2n) is 8.76. The molecule has 0 aliphatic carbocycles. The molecule has 1 aliphatic heterocycles. The van der Waals surface area contributed by atoms with Gasteiger partial charge in [-0.1, -0.05) is 54.1 Å². The van der Waals surface area contributed by atoms with Crippen LogP contribution in [0.25, 0.3) is 11.0 Å². The summed E-state index contributed by atoms with van der Waals surface area (Å²) in [5, 5.41) is 0.489. The molecular formula is C29H27NO5. The Morgan fingerprint density at radius 3 is 2.49 bits per heavy atom. The molecule has 0 saturated carbocycles. The Morgan fingerprint density at radius 2 is 1.74 bits per heavy atom. The number of hydrogen-bond donors (Lipinski definition) is 0. The van der Waals surface area contributed by atoms with Gasteiger partial charge < -0.3 is 18.8 Å². The molecule has 0 radical (unpaired) electrons. The molecule has 6 nitrogen and oxygen atoms in total. The number of benzene rings is 3. The van der Waals surface area contributed by atoms with Gasteiger partial charge in [-0.3, -0.25) is 9.59 Å². The molecule has 4 aromatic rings. The monoisotopic (exact) mass is 469 g/mol. The standard InChI is InChI=1S/C29H27NO5/c1-19-9-14-24-23(17-19)27(31)25-26(30(15-6-16-33-2)29(32)28(25)35-24)21-10-12-22(13-11-21)34-18-20-7-4-3-5-8-20/h3-5,7-14,17,26H,6,15-16,18H2,1-2H3. The zero-order chi connectivity index (χ0) is 24.4. The molecule has 0 saturated heterocycles. The molecule has 178 valence electrons. The highest BCUT2D eigenvalue weighted by Crippen LogP contribution is 2.38. The number of carbonyl (C=O) groups is 1. The van der Waals surface area contributed by atoms with Gasteiger partial charge in [0.1, 0.15) is 17.9 Å².